The standard InChI is InChI=1S/C22H24FN7O/c1-13(2)30-21-7-8-29(14(3)31)12-17(21)22(27-30)25-19-6-5-15(9-18(19)23)16-11-28(4)26-20(16)10-24/h5-6,9,11,13H,7-8,12H2,1-4H3,(H,25,27). The smallest absolute Gasteiger partial charge is 0.219 e. The molecule has 160 valence electrons. The fraction of sp³-hybridized carbons (Fsp3) is 0.364. The number of nitrogens with one attached hydrogen (secondary N) is 1. The quantitative estimate of drug-likeness (QED) is 0.696. The fourth-order valence-corrected chi connectivity index (χ4v) is 3.94. The van der Waals surface area contributed by atoms with Crippen molar-refractivity contribution < 1.29 is 9.18 Å². The topological polar surface area (TPSA) is 91.8 Å². The van der Waals surface area contributed by atoms with E-state index in [0.29, 0.717) is 36.5 Å². The minimum atomic E-state index is -0.461. The van der Waals surface area contributed by atoms with Crippen LogP contribution in [0.3, 0.4) is 0 Å². The van der Waals surface area contributed by atoms with E-state index in [1.165, 1.54) is 10.7 Å². The number of rotatable bonds is 4. The summed E-state index contributed by atoms with van der Waals surface area (Å²) in [4.78, 5) is 13.7. The Morgan fingerprint density at radius 2 is 2.10 bits per heavy atom. The molecule has 8 nitrogen and oxygen atoms in total. The first kappa shape index (κ1) is 20.6. The number of nitrogens with zero attached hydrogens (tertiary/aromatic N) is 6. The normalized spacial score (nSPS) is 13.3. The summed E-state index contributed by atoms with van der Waals surface area (Å²) in [5.74, 6) is 0.104. The van der Waals surface area contributed by atoms with E-state index in [-0.39, 0.29) is 23.3 Å². The van der Waals surface area contributed by atoms with Gasteiger partial charge in [0.2, 0.25) is 5.91 Å². The summed E-state index contributed by atoms with van der Waals surface area (Å²) in [5, 5.41) is 21.1. The van der Waals surface area contributed by atoms with Gasteiger partial charge >= 0.3 is 0 Å². The van der Waals surface area contributed by atoms with Gasteiger partial charge in [-0.15, -0.1) is 0 Å². The highest BCUT2D eigenvalue weighted by Gasteiger charge is 2.27. The predicted octanol–water partition coefficient (Wildman–Crippen LogP) is 3.52. The molecule has 0 radical (unpaired) electrons. The molecule has 0 saturated carbocycles. The third kappa shape index (κ3) is 3.77. The lowest BCUT2D eigenvalue weighted by molar-refractivity contribution is -0.129. The number of aromatic nitrogens is 4. The Hall–Kier alpha value is -3.67. The molecule has 1 aliphatic rings. The largest absolute Gasteiger partial charge is 0.338 e. The highest BCUT2D eigenvalue weighted by molar-refractivity contribution is 5.75. The van der Waals surface area contributed by atoms with E-state index < -0.39 is 5.82 Å². The van der Waals surface area contributed by atoms with Crippen molar-refractivity contribution in [1.82, 2.24) is 24.5 Å². The van der Waals surface area contributed by atoms with Gasteiger partial charge in [-0.05, 0) is 31.5 Å². The molecule has 0 bridgehead atoms. The molecule has 0 spiro atoms. The number of hydrogen-bond acceptors (Lipinski definition) is 5. The van der Waals surface area contributed by atoms with Crippen LogP contribution in [-0.4, -0.2) is 36.9 Å². The number of carbonyl (C=O) groups excluding carboxylic acids is 1. The van der Waals surface area contributed by atoms with Crippen LogP contribution in [0.4, 0.5) is 15.9 Å². The van der Waals surface area contributed by atoms with Gasteiger partial charge in [-0.25, -0.2) is 4.39 Å². The van der Waals surface area contributed by atoms with E-state index in [1.54, 1.807) is 37.2 Å². The number of carbonyl (C=O) groups is 1. The molecule has 1 aliphatic heterocycles. The Balaban J connectivity index is 1.68. The third-order valence-corrected chi connectivity index (χ3v) is 5.49. The molecule has 1 amide bonds. The molecular weight excluding hydrogens is 397 g/mol. The zero-order valence-electron chi connectivity index (χ0n) is 18.0. The van der Waals surface area contributed by atoms with Gasteiger partial charge in [0.25, 0.3) is 0 Å². The number of amides is 1. The van der Waals surface area contributed by atoms with Crippen LogP contribution in [0.25, 0.3) is 11.1 Å². The van der Waals surface area contributed by atoms with Gasteiger partial charge in [0.15, 0.2) is 11.5 Å². The van der Waals surface area contributed by atoms with Crippen LogP contribution < -0.4 is 5.32 Å². The lowest BCUT2D eigenvalue weighted by Crippen LogP contribution is -2.34. The molecular formula is C22H24FN7O. The predicted molar refractivity (Wildman–Crippen MR) is 114 cm³/mol. The summed E-state index contributed by atoms with van der Waals surface area (Å²) in [5.41, 5.74) is 3.66. The van der Waals surface area contributed by atoms with E-state index in [9.17, 15) is 14.4 Å². The van der Waals surface area contributed by atoms with Crippen molar-refractivity contribution in [2.24, 2.45) is 7.05 Å². The van der Waals surface area contributed by atoms with Gasteiger partial charge in [0.05, 0.1) is 12.2 Å². The van der Waals surface area contributed by atoms with Crippen LogP contribution in [0.15, 0.2) is 24.4 Å². The van der Waals surface area contributed by atoms with Gasteiger partial charge in [0.1, 0.15) is 11.9 Å². The Morgan fingerprint density at radius 3 is 2.74 bits per heavy atom. The maximum atomic E-state index is 15.0. The maximum Gasteiger partial charge on any atom is 0.219 e. The number of nitriles is 1. The first-order chi connectivity index (χ1) is 14.8. The number of benzene rings is 1. The average molecular weight is 421 g/mol. The number of hydrogen-bond donors (Lipinski definition) is 1. The van der Waals surface area contributed by atoms with Crippen molar-refractivity contribution >= 4 is 17.4 Å². The average Bonchev–Trinajstić information content (AvgIpc) is 3.29. The summed E-state index contributed by atoms with van der Waals surface area (Å²) in [7, 11) is 1.72. The molecule has 1 N–H and O–H groups in total. The van der Waals surface area contributed by atoms with Gasteiger partial charge < -0.3 is 10.2 Å². The summed E-state index contributed by atoms with van der Waals surface area (Å²) in [6.45, 7) is 6.74. The molecule has 0 unspecified atom stereocenters. The molecule has 4 rings (SSSR count). The number of fused-ring (bicyclic) bond motifs is 1. The van der Waals surface area contributed by atoms with Crippen molar-refractivity contribution in [3.8, 4) is 17.2 Å². The summed E-state index contributed by atoms with van der Waals surface area (Å²) in [6.07, 6.45) is 2.40. The van der Waals surface area contributed by atoms with Crippen LogP contribution in [0.1, 0.15) is 43.8 Å². The van der Waals surface area contributed by atoms with Crippen LogP contribution in [0, 0.1) is 17.1 Å². The van der Waals surface area contributed by atoms with E-state index in [2.05, 4.69) is 15.5 Å². The second-order valence-electron chi connectivity index (χ2n) is 8.00. The number of halogens is 1. The highest BCUT2D eigenvalue weighted by atomic mass is 19.1. The molecule has 0 fully saturated rings. The van der Waals surface area contributed by atoms with Crippen molar-refractivity contribution in [2.45, 2.75) is 39.8 Å². The zero-order valence-corrected chi connectivity index (χ0v) is 18.0. The van der Waals surface area contributed by atoms with Crippen LogP contribution in [-0.2, 0) is 24.8 Å². The van der Waals surface area contributed by atoms with Crippen LogP contribution in [0.5, 0.6) is 0 Å². The Kier molecular flexibility index (Phi) is 5.23. The third-order valence-electron chi connectivity index (χ3n) is 5.49. The van der Waals surface area contributed by atoms with Crippen LogP contribution in [0.2, 0.25) is 0 Å². The van der Waals surface area contributed by atoms with Gasteiger partial charge in [0, 0.05) is 56.0 Å². The molecule has 3 heterocycles. The molecule has 0 aliphatic carbocycles. The summed E-state index contributed by atoms with van der Waals surface area (Å²) < 4.78 is 18.5. The SMILES string of the molecule is CC(=O)N1CCc2c(c(Nc3ccc(-c4cn(C)nc4C#N)cc3F)nn2C(C)C)C1. The van der Waals surface area contributed by atoms with Gasteiger partial charge in [-0.1, -0.05) is 6.07 Å². The first-order valence-corrected chi connectivity index (χ1v) is 10.1. The van der Waals surface area contributed by atoms with Crippen molar-refractivity contribution in [1.29, 1.82) is 5.26 Å². The van der Waals surface area contributed by atoms with Gasteiger partial charge in [-0.2, -0.15) is 15.5 Å². The summed E-state index contributed by atoms with van der Waals surface area (Å²) >= 11 is 0. The summed E-state index contributed by atoms with van der Waals surface area (Å²) in [6, 6.07) is 6.94. The van der Waals surface area contributed by atoms with E-state index >= 15 is 0 Å². The minimum Gasteiger partial charge on any atom is -0.338 e. The minimum absolute atomic E-state index is 0.00852. The second kappa shape index (κ2) is 7.87. The number of anilines is 2. The van der Waals surface area contributed by atoms with Crippen molar-refractivity contribution in [2.75, 3.05) is 11.9 Å². The lowest BCUT2D eigenvalue weighted by Gasteiger charge is -2.27. The first-order valence-electron chi connectivity index (χ1n) is 10.1. The Morgan fingerprint density at radius 1 is 1.32 bits per heavy atom. The molecule has 1 aromatic carbocycles. The molecule has 31 heavy (non-hydrogen) atoms. The molecule has 9 heteroatoms. The van der Waals surface area contributed by atoms with Crippen molar-refractivity contribution in [3.63, 3.8) is 0 Å². The lowest BCUT2D eigenvalue weighted by atomic mass is 10.1. The molecule has 2 aromatic heterocycles. The van der Waals surface area contributed by atoms with E-state index in [0.717, 1.165) is 11.3 Å². The molecule has 3 aromatic rings. The fourth-order valence-electron chi connectivity index (χ4n) is 3.94. The monoisotopic (exact) mass is 421 g/mol. The Bertz CT molecular complexity index is 1200. The number of aryl methyl sites for hydroxylation is 1. The van der Waals surface area contributed by atoms with Gasteiger partial charge in [-0.3, -0.25) is 14.2 Å². The highest BCUT2D eigenvalue weighted by Crippen LogP contribution is 2.32. The van der Waals surface area contributed by atoms with Crippen molar-refractivity contribution in [3.05, 3.63) is 47.2 Å². The maximum absolute atomic E-state index is 15.0. The van der Waals surface area contributed by atoms with E-state index in [1.807, 2.05) is 24.6 Å². The zero-order chi connectivity index (χ0) is 22.3. The van der Waals surface area contributed by atoms with Crippen LogP contribution >= 0.6 is 0 Å². The second-order valence-corrected chi connectivity index (χ2v) is 8.00. The van der Waals surface area contributed by atoms with E-state index in [4.69, 9.17) is 0 Å². The molecule has 0 saturated heterocycles. The Labute approximate surface area is 179 Å². The molecule has 0 atom stereocenters.